The Morgan fingerprint density at radius 2 is 1.48 bits per heavy atom. The van der Waals surface area contributed by atoms with Gasteiger partial charge in [-0.15, -0.1) is 0 Å². The van der Waals surface area contributed by atoms with Crippen molar-refractivity contribution in [1.82, 2.24) is 0 Å². The van der Waals surface area contributed by atoms with Gasteiger partial charge < -0.3 is 32.9 Å². The fourth-order valence-corrected chi connectivity index (χ4v) is 14.2. The fourth-order valence-electron chi connectivity index (χ4n) is 8.55. The predicted molar refractivity (Wildman–Crippen MR) is 230 cm³/mol. The van der Waals surface area contributed by atoms with Crippen LogP contribution >= 0.6 is 0 Å². The Balaban J connectivity index is 1.19. The van der Waals surface area contributed by atoms with Crippen molar-refractivity contribution in [2.75, 3.05) is 20.3 Å². The van der Waals surface area contributed by atoms with Crippen LogP contribution in [0.3, 0.4) is 0 Å². The van der Waals surface area contributed by atoms with E-state index in [0.29, 0.717) is 32.5 Å². The lowest BCUT2D eigenvalue weighted by Crippen LogP contribution is -2.67. The molecule has 0 radical (unpaired) electrons. The number of ether oxygens (including phenoxy) is 4. The number of hydrogen-bond acceptors (Lipinski definition) is 8. The number of aliphatic hydroxyl groups is 1. The van der Waals surface area contributed by atoms with E-state index in [4.69, 9.17) is 27.8 Å². The van der Waals surface area contributed by atoms with Crippen molar-refractivity contribution in [3.05, 3.63) is 72.8 Å². The lowest BCUT2D eigenvalue weighted by atomic mass is 9.89. The molecule has 3 heterocycles. The van der Waals surface area contributed by atoms with E-state index < -0.39 is 28.5 Å². The van der Waals surface area contributed by atoms with Crippen LogP contribution < -0.4 is 10.4 Å². The van der Waals surface area contributed by atoms with Gasteiger partial charge in [-0.05, 0) is 71.7 Å². The molecule has 2 fully saturated rings. The molecule has 2 saturated heterocycles. The third-order valence-electron chi connectivity index (χ3n) is 12.9. The Morgan fingerprint density at radius 1 is 0.875 bits per heavy atom. The van der Waals surface area contributed by atoms with Crippen molar-refractivity contribution >= 4 is 32.8 Å². The minimum absolute atomic E-state index is 0.0341. The van der Waals surface area contributed by atoms with E-state index in [-0.39, 0.29) is 58.7 Å². The summed E-state index contributed by atoms with van der Waals surface area (Å²) in [6.45, 7) is 21.3. The van der Waals surface area contributed by atoms with E-state index in [1.165, 1.54) is 10.4 Å². The standard InChI is InChI=1S/C46H72O8Si2/c1-34-24-27-46(53-42(34)32-36(48)30-35(47)31-38-19-17-18-37(52-38)26-29-50-55(9,10)44(2,3)4)28-25-41(49-8)43(54-46)33-51-56(45(5,6)7,39-20-13-11-14-21-39)40-22-15-12-16-23-40/h11-16,20-24,27,34,36-38,41-43,48H,17-19,25-26,28-33H2,1-10H3/t34-,36-,37+,38-,41-,42+,43+,46-/m0/s1. The van der Waals surface area contributed by atoms with Crippen LogP contribution in [0.25, 0.3) is 0 Å². The third-order valence-corrected chi connectivity index (χ3v) is 22.4. The largest absolute Gasteiger partial charge is 0.417 e. The zero-order valence-corrected chi connectivity index (χ0v) is 38.1. The van der Waals surface area contributed by atoms with Gasteiger partial charge in [0.2, 0.25) is 0 Å². The molecule has 3 aliphatic rings. The average Bonchev–Trinajstić information content (AvgIpc) is 3.13. The molecule has 0 unspecified atom stereocenters. The van der Waals surface area contributed by atoms with Crippen molar-refractivity contribution < 1.29 is 37.7 Å². The average molecular weight is 809 g/mol. The van der Waals surface area contributed by atoms with Crippen LogP contribution in [0.1, 0.15) is 106 Å². The van der Waals surface area contributed by atoms with Crippen molar-refractivity contribution in [3.8, 4) is 0 Å². The molecular formula is C46H72O8Si2. The predicted octanol–water partition coefficient (Wildman–Crippen LogP) is 8.49. The van der Waals surface area contributed by atoms with E-state index in [1.54, 1.807) is 7.11 Å². The lowest BCUT2D eigenvalue weighted by molar-refractivity contribution is -0.304. The molecule has 312 valence electrons. The molecule has 1 spiro atoms. The summed E-state index contributed by atoms with van der Waals surface area (Å²) in [5.74, 6) is -0.877. The van der Waals surface area contributed by atoms with E-state index in [9.17, 15) is 9.90 Å². The molecule has 0 aliphatic carbocycles. The van der Waals surface area contributed by atoms with Crippen molar-refractivity contribution in [2.24, 2.45) is 5.92 Å². The Labute approximate surface area is 340 Å². The van der Waals surface area contributed by atoms with Gasteiger partial charge in [0.15, 0.2) is 14.1 Å². The number of benzene rings is 2. The van der Waals surface area contributed by atoms with Gasteiger partial charge in [-0.2, -0.15) is 0 Å². The monoisotopic (exact) mass is 808 g/mol. The summed E-state index contributed by atoms with van der Waals surface area (Å²) < 4.78 is 39.8. The second-order valence-electron chi connectivity index (χ2n) is 19.2. The molecule has 8 nitrogen and oxygen atoms in total. The second-order valence-corrected chi connectivity index (χ2v) is 28.3. The quantitative estimate of drug-likeness (QED) is 0.133. The Kier molecular flexibility index (Phi) is 15.2. The Morgan fingerprint density at radius 3 is 2.07 bits per heavy atom. The van der Waals surface area contributed by atoms with Gasteiger partial charge in [-0.1, -0.05) is 115 Å². The highest BCUT2D eigenvalue weighted by atomic mass is 28.4. The highest BCUT2D eigenvalue weighted by molar-refractivity contribution is 6.99. The molecule has 3 aliphatic heterocycles. The second kappa shape index (κ2) is 18.9. The number of rotatable bonds is 16. The van der Waals surface area contributed by atoms with Gasteiger partial charge in [0.25, 0.3) is 8.32 Å². The lowest BCUT2D eigenvalue weighted by Gasteiger charge is -2.48. The highest BCUT2D eigenvalue weighted by Crippen LogP contribution is 2.42. The molecule has 2 aromatic rings. The fraction of sp³-hybridized carbons (Fsp3) is 0.674. The van der Waals surface area contributed by atoms with Crippen molar-refractivity contribution in [3.63, 3.8) is 0 Å². The minimum atomic E-state index is -2.81. The molecule has 10 heteroatoms. The number of ketones is 1. The first-order valence-electron chi connectivity index (χ1n) is 21.2. The maximum atomic E-state index is 13.3. The van der Waals surface area contributed by atoms with Gasteiger partial charge in [0.05, 0.1) is 37.1 Å². The smallest absolute Gasteiger partial charge is 0.261 e. The first-order chi connectivity index (χ1) is 26.4. The highest BCUT2D eigenvalue weighted by Gasteiger charge is 2.52. The number of carbonyl (C=O) groups excluding carboxylic acids is 1. The molecule has 0 amide bonds. The molecular weight excluding hydrogens is 737 g/mol. The summed E-state index contributed by atoms with van der Waals surface area (Å²) in [5.41, 5.74) is 0. The van der Waals surface area contributed by atoms with Gasteiger partial charge in [0.1, 0.15) is 11.9 Å². The summed E-state index contributed by atoms with van der Waals surface area (Å²) in [6, 6.07) is 21.3. The topological polar surface area (TPSA) is 92.7 Å². The van der Waals surface area contributed by atoms with E-state index in [1.807, 2.05) is 6.08 Å². The van der Waals surface area contributed by atoms with E-state index in [0.717, 1.165) is 32.1 Å². The van der Waals surface area contributed by atoms with Crippen LogP contribution in [0.5, 0.6) is 0 Å². The van der Waals surface area contributed by atoms with Gasteiger partial charge in [0, 0.05) is 45.3 Å². The summed E-state index contributed by atoms with van der Waals surface area (Å²) in [5, 5.41) is 13.7. The molecule has 1 N–H and O–H groups in total. The zero-order valence-electron chi connectivity index (χ0n) is 36.1. The molecule has 0 bridgehead atoms. The molecule has 0 saturated carbocycles. The normalized spacial score (nSPS) is 28.3. The molecule has 5 rings (SSSR count). The van der Waals surface area contributed by atoms with Crippen LogP contribution in [0, 0.1) is 5.92 Å². The third kappa shape index (κ3) is 11.0. The number of aliphatic hydroxyl groups excluding tert-OH is 1. The minimum Gasteiger partial charge on any atom is -0.417 e. The van der Waals surface area contributed by atoms with Gasteiger partial charge in [-0.3, -0.25) is 4.79 Å². The number of carbonyl (C=O) groups is 1. The number of hydrogen-bond donors (Lipinski definition) is 1. The number of Topliss-reactive ketones (excluding diaryl/α,β-unsaturated/α-hetero) is 1. The summed E-state index contributed by atoms with van der Waals surface area (Å²) in [6.07, 6.45) is 8.41. The SMILES string of the molecule is CO[C@H]1CC[C@]2(C=C[C@H](C)[C@@H](C[C@@H](O)CC(=O)C[C@@H]3CCC[C@H](CCO[Si](C)(C)C(C)(C)C)O3)O2)O[C@@H]1CO[Si](c1ccccc1)(c1ccccc1)C(C)(C)C. The van der Waals surface area contributed by atoms with Gasteiger partial charge >= 0.3 is 0 Å². The van der Waals surface area contributed by atoms with Gasteiger partial charge in [-0.25, -0.2) is 0 Å². The van der Waals surface area contributed by atoms with Crippen LogP contribution in [0.2, 0.25) is 23.2 Å². The van der Waals surface area contributed by atoms with E-state index >= 15 is 0 Å². The van der Waals surface area contributed by atoms with E-state index in [2.05, 4.69) is 128 Å². The van der Waals surface area contributed by atoms with Crippen LogP contribution in [0.4, 0.5) is 0 Å². The van der Waals surface area contributed by atoms with Crippen LogP contribution in [-0.4, -0.2) is 90.3 Å². The molecule has 2 aromatic carbocycles. The summed E-state index contributed by atoms with van der Waals surface area (Å²) >= 11 is 0. The van der Waals surface area contributed by atoms with Crippen molar-refractivity contribution in [2.45, 2.75) is 172 Å². The summed E-state index contributed by atoms with van der Waals surface area (Å²) in [7, 11) is -2.88. The maximum absolute atomic E-state index is 13.3. The summed E-state index contributed by atoms with van der Waals surface area (Å²) in [4.78, 5) is 13.3. The Hall–Kier alpha value is -2.00. The Bertz CT molecular complexity index is 1510. The van der Waals surface area contributed by atoms with Crippen LogP contribution in [-0.2, 0) is 32.6 Å². The number of methoxy groups -OCH3 is 1. The zero-order chi connectivity index (χ0) is 40.8. The first kappa shape index (κ1) is 45.1. The molecule has 0 aromatic heterocycles. The van der Waals surface area contributed by atoms with Crippen molar-refractivity contribution in [1.29, 1.82) is 0 Å². The first-order valence-corrected chi connectivity index (χ1v) is 26.0. The van der Waals surface area contributed by atoms with Crippen LogP contribution in [0.15, 0.2) is 72.8 Å². The molecule has 56 heavy (non-hydrogen) atoms. The molecule has 8 atom stereocenters. The maximum Gasteiger partial charge on any atom is 0.261 e.